The highest BCUT2D eigenvalue weighted by Crippen LogP contribution is 2.27. The number of halogens is 2. The first-order chi connectivity index (χ1) is 9.81. The summed E-state index contributed by atoms with van der Waals surface area (Å²) < 4.78 is 37.9. The fourth-order valence-electron chi connectivity index (χ4n) is 1.75. The molecule has 0 aliphatic carbocycles. The summed E-state index contributed by atoms with van der Waals surface area (Å²) in [6, 6.07) is 8.46. The minimum atomic E-state index is -3.93. The SMILES string of the molecule is O=[N+]([O-])c1ccc(CS(=O)(=O)c2ccccc2F)c(Cl)c1. The molecule has 0 radical (unpaired) electrons. The van der Waals surface area contributed by atoms with E-state index in [2.05, 4.69) is 0 Å². The van der Waals surface area contributed by atoms with Gasteiger partial charge in [0.25, 0.3) is 5.69 Å². The molecule has 0 aliphatic rings. The molecule has 0 spiro atoms. The molecule has 8 heteroatoms. The Kier molecular flexibility index (Phi) is 4.24. The molecule has 110 valence electrons. The highest BCUT2D eigenvalue weighted by molar-refractivity contribution is 7.90. The van der Waals surface area contributed by atoms with Crippen molar-refractivity contribution in [3.63, 3.8) is 0 Å². The van der Waals surface area contributed by atoms with Crippen LogP contribution in [0, 0.1) is 15.9 Å². The van der Waals surface area contributed by atoms with Crippen molar-refractivity contribution in [2.45, 2.75) is 10.6 Å². The summed E-state index contributed by atoms with van der Waals surface area (Å²) in [5, 5.41) is 10.5. The lowest BCUT2D eigenvalue weighted by Gasteiger charge is -2.07. The van der Waals surface area contributed by atoms with Crippen LogP contribution in [0.15, 0.2) is 47.4 Å². The van der Waals surface area contributed by atoms with Crippen molar-refractivity contribution in [3.8, 4) is 0 Å². The van der Waals surface area contributed by atoms with Gasteiger partial charge in [-0.05, 0) is 23.8 Å². The molecule has 0 aliphatic heterocycles. The van der Waals surface area contributed by atoms with Gasteiger partial charge in [0.15, 0.2) is 9.84 Å². The zero-order valence-corrected chi connectivity index (χ0v) is 12.1. The number of hydrogen-bond acceptors (Lipinski definition) is 4. The quantitative estimate of drug-likeness (QED) is 0.636. The number of nitro groups is 1. The minimum Gasteiger partial charge on any atom is -0.258 e. The lowest BCUT2D eigenvalue weighted by atomic mass is 10.2. The molecule has 0 bridgehead atoms. The van der Waals surface area contributed by atoms with Crippen molar-refractivity contribution in [2.75, 3.05) is 0 Å². The molecule has 5 nitrogen and oxygen atoms in total. The second kappa shape index (κ2) is 5.79. The monoisotopic (exact) mass is 329 g/mol. The van der Waals surface area contributed by atoms with Gasteiger partial charge in [0.1, 0.15) is 10.7 Å². The molecule has 0 unspecified atom stereocenters. The van der Waals surface area contributed by atoms with Gasteiger partial charge in [0.05, 0.1) is 15.7 Å². The summed E-state index contributed by atoms with van der Waals surface area (Å²) in [4.78, 5) is 9.53. The van der Waals surface area contributed by atoms with Crippen LogP contribution in [-0.4, -0.2) is 13.3 Å². The average Bonchev–Trinajstić information content (AvgIpc) is 2.41. The molecule has 2 aromatic carbocycles. The molecule has 2 aromatic rings. The van der Waals surface area contributed by atoms with Crippen LogP contribution in [0.4, 0.5) is 10.1 Å². The number of rotatable bonds is 4. The lowest BCUT2D eigenvalue weighted by molar-refractivity contribution is -0.384. The summed E-state index contributed by atoms with van der Waals surface area (Å²) in [6.07, 6.45) is 0. The van der Waals surface area contributed by atoms with E-state index in [1.54, 1.807) is 0 Å². The molecule has 2 rings (SSSR count). The van der Waals surface area contributed by atoms with Crippen molar-refractivity contribution < 1.29 is 17.7 Å². The summed E-state index contributed by atoms with van der Waals surface area (Å²) in [7, 11) is -3.93. The van der Waals surface area contributed by atoms with Crippen molar-refractivity contribution in [1.82, 2.24) is 0 Å². The normalized spacial score (nSPS) is 11.3. The fraction of sp³-hybridized carbons (Fsp3) is 0.0769. The molecule has 0 heterocycles. The highest BCUT2D eigenvalue weighted by Gasteiger charge is 2.21. The van der Waals surface area contributed by atoms with Crippen LogP contribution in [0.5, 0.6) is 0 Å². The van der Waals surface area contributed by atoms with E-state index in [-0.39, 0.29) is 16.3 Å². The number of nitrogens with zero attached hydrogens (tertiary/aromatic N) is 1. The third-order valence-corrected chi connectivity index (χ3v) is 4.81. The molecule has 21 heavy (non-hydrogen) atoms. The molecule has 0 atom stereocenters. The predicted octanol–water partition coefficient (Wildman–Crippen LogP) is 3.36. The Bertz CT molecular complexity index is 808. The largest absolute Gasteiger partial charge is 0.270 e. The van der Waals surface area contributed by atoms with Gasteiger partial charge in [-0.15, -0.1) is 0 Å². The van der Waals surface area contributed by atoms with Crippen molar-refractivity contribution >= 4 is 27.1 Å². The maximum Gasteiger partial charge on any atom is 0.270 e. The molecular formula is C13H9ClFNO4S. The van der Waals surface area contributed by atoms with Gasteiger partial charge in [0.2, 0.25) is 0 Å². The standard InChI is InChI=1S/C13H9ClFNO4S/c14-11-7-10(16(17)18)6-5-9(11)8-21(19,20)13-4-2-1-3-12(13)15/h1-7H,8H2. The number of nitro benzene ring substituents is 1. The molecule has 0 N–H and O–H groups in total. The van der Waals surface area contributed by atoms with Crippen LogP contribution in [0.3, 0.4) is 0 Å². The first-order valence-corrected chi connectivity index (χ1v) is 7.74. The predicted molar refractivity (Wildman–Crippen MR) is 75.4 cm³/mol. The van der Waals surface area contributed by atoms with Gasteiger partial charge in [-0.1, -0.05) is 23.7 Å². The second-order valence-corrected chi connectivity index (χ2v) is 6.59. The Labute approximate surface area is 125 Å². The van der Waals surface area contributed by atoms with Crippen molar-refractivity contribution in [1.29, 1.82) is 0 Å². The molecule has 0 saturated carbocycles. The van der Waals surface area contributed by atoms with E-state index >= 15 is 0 Å². The van der Waals surface area contributed by atoms with Gasteiger partial charge in [-0.25, -0.2) is 12.8 Å². The van der Waals surface area contributed by atoms with E-state index < -0.39 is 31.2 Å². The summed E-state index contributed by atoms with van der Waals surface area (Å²) in [6.45, 7) is 0. The van der Waals surface area contributed by atoms with Gasteiger partial charge in [-0.3, -0.25) is 10.1 Å². The molecule has 0 fully saturated rings. The molecule has 0 amide bonds. The van der Waals surface area contributed by atoms with Crippen LogP contribution in [0.25, 0.3) is 0 Å². The number of sulfone groups is 1. The van der Waals surface area contributed by atoms with Gasteiger partial charge >= 0.3 is 0 Å². The Balaban J connectivity index is 2.38. The number of hydrogen-bond donors (Lipinski definition) is 0. The molecule has 0 aromatic heterocycles. The lowest BCUT2D eigenvalue weighted by Crippen LogP contribution is -2.07. The third-order valence-electron chi connectivity index (χ3n) is 2.76. The van der Waals surface area contributed by atoms with E-state index in [0.29, 0.717) is 0 Å². The Morgan fingerprint density at radius 3 is 2.43 bits per heavy atom. The van der Waals surface area contributed by atoms with E-state index in [4.69, 9.17) is 11.6 Å². The third kappa shape index (κ3) is 3.37. The van der Waals surface area contributed by atoms with Crippen LogP contribution in [0.1, 0.15) is 5.56 Å². The van der Waals surface area contributed by atoms with Crippen LogP contribution in [-0.2, 0) is 15.6 Å². The number of benzene rings is 2. The summed E-state index contributed by atoms with van der Waals surface area (Å²) >= 11 is 5.84. The van der Waals surface area contributed by atoms with E-state index in [9.17, 15) is 22.9 Å². The minimum absolute atomic E-state index is 0.0517. The molecular weight excluding hydrogens is 321 g/mol. The van der Waals surface area contributed by atoms with Gasteiger partial charge in [-0.2, -0.15) is 0 Å². The van der Waals surface area contributed by atoms with Gasteiger partial charge < -0.3 is 0 Å². The maximum absolute atomic E-state index is 13.6. The van der Waals surface area contributed by atoms with E-state index in [1.165, 1.54) is 18.2 Å². The van der Waals surface area contributed by atoms with Crippen LogP contribution >= 0.6 is 11.6 Å². The van der Waals surface area contributed by atoms with Gasteiger partial charge in [0, 0.05) is 12.1 Å². The highest BCUT2D eigenvalue weighted by atomic mass is 35.5. The first kappa shape index (κ1) is 15.4. The Morgan fingerprint density at radius 1 is 1.19 bits per heavy atom. The zero-order chi connectivity index (χ0) is 15.6. The second-order valence-electron chi connectivity index (χ2n) is 4.22. The Hall–Kier alpha value is -1.99. The average molecular weight is 330 g/mol. The molecule has 0 saturated heterocycles. The van der Waals surface area contributed by atoms with Crippen LogP contribution in [0.2, 0.25) is 5.02 Å². The number of non-ortho nitro benzene ring substituents is 1. The van der Waals surface area contributed by atoms with Crippen molar-refractivity contribution in [2.24, 2.45) is 0 Å². The smallest absolute Gasteiger partial charge is 0.258 e. The Morgan fingerprint density at radius 2 is 1.86 bits per heavy atom. The van der Waals surface area contributed by atoms with E-state index in [0.717, 1.165) is 24.3 Å². The van der Waals surface area contributed by atoms with Crippen molar-refractivity contribution in [3.05, 3.63) is 69.0 Å². The van der Waals surface area contributed by atoms with Crippen LogP contribution < -0.4 is 0 Å². The summed E-state index contributed by atoms with van der Waals surface area (Å²) in [5.41, 5.74) is -0.0717. The topological polar surface area (TPSA) is 77.3 Å². The maximum atomic E-state index is 13.6. The fourth-order valence-corrected chi connectivity index (χ4v) is 3.53. The van der Waals surface area contributed by atoms with E-state index in [1.807, 2.05) is 0 Å². The summed E-state index contributed by atoms with van der Waals surface area (Å²) in [5.74, 6) is -1.39. The zero-order valence-electron chi connectivity index (χ0n) is 10.5. The first-order valence-electron chi connectivity index (χ1n) is 5.71.